The number of methoxy groups -OCH3 is 1. The zero-order chi connectivity index (χ0) is 21.9. The average molecular weight is 419 g/mol. The normalized spacial score (nSPS) is 11.9. The zero-order valence-corrected chi connectivity index (χ0v) is 16.6. The molecular weight excluding hydrogens is 396 g/mol. The maximum absolute atomic E-state index is 12.4. The van der Waals surface area contributed by atoms with Crippen LogP contribution in [0.15, 0.2) is 54.6 Å². The minimum absolute atomic E-state index is 0.0944. The molecule has 0 heterocycles. The van der Waals surface area contributed by atoms with Crippen LogP contribution in [-0.4, -0.2) is 38.2 Å². The molecule has 160 valence electrons. The average Bonchev–Trinajstić information content (AvgIpc) is 2.73. The van der Waals surface area contributed by atoms with Crippen LogP contribution < -0.4 is 14.8 Å². The van der Waals surface area contributed by atoms with Crippen molar-refractivity contribution in [1.29, 1.82) is 0 Å². The summed E-state index contributed by atoms with van der Waals surface area (Å²) >= 11 is 0. The van der Waals surface area contributed by atoms with E-state index in [1.165, 1.54) is 38.3 Å². The van der Waals surface area contributed by atoms with E-state index in [0.717, 1.165) is 11.6 Å². The number of hydrogen-bond donors (Lipinski definition) is 1. The van der Waals surface area contributed by atoms with E-state index in [2.05, 4.69) is 10.1 Å². The van der Waals surface area contributed by atoms with Crippen LogP contribution in [-0.2, 0) is 20.7 Å². The molecular formula is C22H23F2NO5. The number of hydrogen-bond acceptors (Lipinski definition) is 5. The molecule has 8 heteroatoms. The van der Waals surface area contributed by atoms with Crippen molar-refractivity contribution in [2.24, 2.45) is 0 Å². The van der Waals surface area contributed by atoms with Gasteiger partial charge in [0.25, 0.3) is 5.91 Å². The van der Waals surface area contributed by atoms with Gasteiger partial charge in [-0.05, 0) is 42.7 Å². The Morgan fingerprint density at radius 1 is 1.10 bits per heavy atom. The van der Waals surface area contributed by atoms with Crippen molar-refractivity contribution in [2.75, 3.05) is 13.7 Å². The lowest BCUT2D eigenvalue weighted by Gasteiger charge is -2.12. The molecule has 1 N–H and O–H groups in total. The summed E-state index contributed by atoms with van der Waals surface area (Å²) in [7, 11) is 1.31. The van der Waals surface area contributed by atoms with Gasteiger partial charge in [0.1, 0.15) is 0 Å². The van der Waals surface area contributed by atoms with Gasteiger partial charge in [-0.2, -0.15) is 8.78 Å². The molecule has 1 amide bonds. The number of esters is 1. The number of amides is 1. The molecule has 0 saturated heterocycles. The highest BCUT2D eigenvalue weighted by atomic mass is 19.3. The fourth-order valence-electron chi connectivity index (χ4n) is 2.53. The number of benzene rings is 2. The topological polar surface area (TPSA) is 73.9 Å². The summed E-state index contributed by atoms with van der Waals surface area (Å²) in [4.78, 5) is 24.0. The SMILES string of the molecule is COc1cc(/C=C/C(=O)OC(C)C(=O)NCCc2ccccc2)ccc1OC(F)F. The van der Waals surface area contributed by atoms with Gasteiger partial charge in [0.05, 0.1) is 7.11 Å². The van der Waals surface area contributed by atoms with Crippen molar-refractivity contribution in [2.45, 2.75) is 26.1 Å². The van der Waals surface area contributed by atoms with Crippen LogP contribution in [0.25, 0.3) is 6.08 Å². The molecule has 0 fully saturated rings. The Labute approximate surface area is 173 Å². The van der Waals surface area contributed by atoms with Gasteiger partial charge in [0.2, 0.25) is 0 Å². The third kappa shape index (κ3) is 7.54. The summed E-state index contributed by atoms with van der Waals surface area (Å²) in [6.07, 6.45) is 2.25. The molecule has 1 atom stereocenters. The van der Waals surface area contributed by atoms with E-state index in [1.54, 1.807) is 0 Å². The van der Waals surface area contributed by atoms with Crippen LogP contribution in [0.4, 0.5) is 8.78 Å². The standard InChI is InChI=1S/C22H23F2NO5/c1-15(21(27)25-13-12-16-6-4-3-5-7-16)29-20(26)11-9-17-8-10-18(30-22(23)24)19(14-17)28-2/h3-11,14-15,22H,12-13H2,1-2H3,(H,25,27)/b11-9+. The van der Waals surface area contributed by atoms with Gasteiger partial charge in [-0.25, -0.2) is 4.79 Å². The van der Waals surface area contributed by atoms with Crippen LogP contribution >= 0.6 is 0 Å². The number of halogens is 2. The maximum atomic E-state index is 12.4. The minimum Gasteiger partial charge on any atom is -0.493 e. The van der Waals surface area contributed by atoms with Crippen LogP contribution in [0.1, 0.15) is 18.1 Å². The molecule has 2 aromatic rings. The molecule has 2 rings (SSSR count). The zero-order valence-electron chi connectivity index (χ0n) is 16.6. The Balaban J connectivity index is 1.83. The van der Waals surface area contributed by atoms with Crippen molar-refractivity contribution in [3.05, 3.63) is 65.7 Å². The van der Waals surface area contributed by atoms with E-state index in [0.29, 0.717) is 18.5 Å². The first-order chi connectivity index (χ1) is 14.4. The number of rotatable bonds is 10. The third-order valence-corrected chi connectivity index (χ3v) is 4.03. The highest BCUT2D eigenvalue weighted by Crippen LogP contribution is 2.29. The molecule has 0 aliphatic heterocycles. The van der Waals surface area contributed by atoms with E-state index in [-0.39, 0.29) is 11.5 Å². The second kappa shape index (κ2) is 11.5. The first-order valence-corrected chi connectivity index (χ1v) is 9.22. The number of ether oxygens (including phenoxy) is 3. The van der Waals surface area contributed by atoms with Gasteiger partial charge in [0, 0.05) is 12.6 Å². The predicted molar refractivity (Wildman–Crippen MR) is 107 cm³/mol. The van der Waals surface area contributed by atoms with Gasteiger partial charge >= 0.3 is 12.6 Å². The van der Waals surface area contributed by atoms with Crippen molar-refractivity contribution in [3.63, 3.8) is 0 Å². The number of carbonyl (C=O) groups excluding carboxylic acids is 2. The first kappa shape index (κ1) is 22.9. The number of nitrogens with one attached hydrogen (secondary N) is 1. The minimum atomic E-state index is -2.98. The summed E-state index contributed by atoms with van der Waals surface area (Å²) in [5.74, 6) is -1.14. The van der Waals surface area contributed by atoms with Crippen molar-refractivity contribution >= 4 is 18.0 Å². The van der Waals surface area contributed by atoms with E-state index in [1.807, 2.05) is 30.3 Å². The van der Waals surface area contributed by atoms with E-state index in [9.17, 15) is 18.4 Å². The Kier molecular flexibility index (Phi) is 8.80. The van der Waals surface area contributed by atoms with Gasteiger partial charge in [-0.15, -0.1) is 0 Å². The van der Waals surface area contributed by atoms with E-state index < -0.39 is 24.6 Å². The van der Waals surface area contributed by atoms with Gasteiger partial charge in [0.15, 0.2) is 17.6 Å². The lowest BCUT2D eigenvalue weighted by Crippen LogP contribution is -2.36. The molecule has 0 aliphatic carbocycles. The summed E-state index contributed by atoms with van der Waals surface area (Å²) < 4.78 is 39.1. The van der Waals surface area contributed by atoms with Crippen LogP contribution in [0.5, 0.6) is 11.5 Å². The summed E-state index contributed by atoms with van der Waals surface area (Å²) in [5, 5.41) is 2.71. The van der Waals surface area contributed by atoms with Crippen molar-refractivity contribution in [3.8, 4) is 11.5 Å². The van der Waals surface area contributed by atoms with Crippen LogP contribution in [0, 0.1) is 0 Å². The highest BCUT2D eigenvalue weighted by Gasteiger charge is 2.16. The largest absolute Gasteiger partial charge is 0.493 e. The first-order valence-electron chi connectivity index (χ1n) is 9.22. The number of alkyl halides is 2. The second-order valence-electron chi connectivity index (χ2n) is 6.23. The fraction of sp³-hybridized carbons (Fsp3) is 0.273. The van der Waals surface area contributed by atoms with Crippen LogP contribution in [0.3, 0.4) is 0 Å². The van der Waals surface area contributed by atoms with Gasteiger partial charge in [-0.1, -0.05) is 36.4 Å². The monoisotopic (exact) mass is 419 g/mol. The maximum Gasteiger partial charge on any atom is 0.387 e. The molecule has 0 aromatic heterocycles. The van der Waals surface area contributed by atoms with Crippen molar-refractivity contribution in [1.82, 2.24) is 5.32 Å². The fourth-order valence-corrected chi connectivity index (χ4v) is 2.53. The van der Waals surface area contributed by atoms with Gasteiger partial charge in [-0.3, -0.25) is 4.79 Å². The van der Waals surface area contributed by atoms with Crippen LogP contribution in [0.2, 0.25) is 0 Å². The van der Waals surface area contributed by atoms with E-state index >= 15 is 0 Å². The Morgan fingerprint density at radius 3 is 2.50 bits per heavy atom. The molecule has 2 aromatic carbocycles. The van der Waals surface area contributed by atoms with Crippen molar-refractivity contribution < 1.29 is 32.6 Å². The summed E-state index contributed by atoms with van der Waals surface area (Å²) in [5.41, 5.74) is 1.59. The second-order valence-corrected chi connectivity index (χ2v) is 6.23. The quantitative estimate of drug-likeness (QED) is 0.471. The highest BCUT2D eigenvalue weighted by molar-refractivity contribution is 5.90. The summed E-state index contributed by atoms with van der Waals surface area (Å²) in [6.45, 7) is -1.08. The molecule has 0 aliphatic rings. The lowest BCUT2D eigenvalue weighted by atomic mass is 10.1. The molecule has 0 radical (unpaired) electrons. The molecule has 6 nitrogen and oxygen atoms in total. The third-order valence-electron chi connectivity index (χ3n) is 4.03. The molecule has 0 spiro atoms. The van der Waals surface area contributed by atoms with E-state index in [4.69, 9.17) is 9.47 Å². The Hall–Kier alpha value is -3.42. The summed E-state index contributed by atoms with van der Waals surface area (Å²) in [6, 6.07) is 13.9. The molecule has 1 unspecified atom stereocenters. The lowest BCUT2D eigenvalue weighted by molar-refractivity contribution is -0.150. The Morgan fingerprint density at radius 2 is 1.83 bits per heavy atom. The molecule has 30 heavy (non-hydrogen) atoms. The molecule has 0 saturated carbocycles. The predicted octanol–water partition coefficient (Wildman–Crippen LogP) is 3.60. The smallest absolute Gasteiger partial charge is 0.387 e. The van der Waals surface area contributed by atoms with Gasteiger partial charge < -0.3 is 19.5 Å². The number of carbonyl (C=O) groups is 2. The Bertz CT molecular complexity index is 871. The molecule has 0 bridgehead atoms.